The maximum absolute atomic E-state index is 13.0. The van der Waals surface area contributed by atoms with Crippen molar-refractivity contribution in [1.29, 1.82) is 0 Å². The minimum absolute atomic E-state index is 0.114. The Balaban J connectivity index is 1.74. The first-order valence-corrected chi connectivity index (χ1v) is 12.1. The minimum atomic E-state index is -3.69. The highest BCUT2D eigenvalue weighted by Crippen LogP contribution is 2.25. The molecule has 2 aromatic rings. The van der Waals surface area contributed by atoms with Crippen molar-refractivity contribution >= 4 is 10.0 Å². The largest absolute Gasteiger partial charge is 0.497 e. The molecule has 1 unspecified atom stereocenters. The van der Waals surface area contributed by atoms with Gasteiger partial charge >= 0.3 is 0 Å². The third-order valence-corrected chi connectivity index (χ3v) is 6.88. The van der Waals surface area contributed by atoms with Crippen molar-refractivity contribution < 1.29 is 27.4 Å². The molecule has 0 aromatic heterocycles. The number of nitrogens with one attached hydrogen (secondary N) is 1. The van der Waals surface area contributed by atoms with Gasteiger partial charge in [0.2, 0.25) is 10.0 Å². The monoisotopic (exact) mass is 464 g/mol. The molecule has 2 aromatic carbocycles. The molecule has 0 bridgehead atoms. The lowest BCUT2D eigenvalue weighted by Crippen LogP contribution is -2.43. The van der Waals surface area contributed by atoms with Crippen LogP contribution in [-0.2, 0) is 19.5 Å². The van der Waals surface area contributed by atoms with Gasteiger partial charge in [-0.15, -0.1) is 0 Å². The van der Waals surface area contributed by atoms with Crippen LogP contribution in [0.25, 0.3) is 0 Å². The second kappa shape index (κ2) is 11.6. The molecule has 1 fully saturated rings. The van der Waals surface area contributed by atoms with Gasteiger partial charge in [-0.3, -0.25) is 4.90 Å². The van der Waals surface area contributed by atoms with Gasteiger partial charge < -0.3 is 18.9 Å². The molecule has 32 heavy (non-hydrogen) atoms. The number of ether oxygens (including phenoxy) is 4. The van der Waals surface area contributed by atoms with Gasteiger partial charge in [-0.1, -0.05) is 12.1 Å². The fraction of sp³-hybridized carbons (Fsp3) is 0.478. The lowest BCUT2D eigenvalue weighted by Gasteiger charge is -2.35. The van der Waals surface area contributed by atoms with E-state index in [-0.39, 0.29) is 17.5 Å². The number of rotatable bonds is 11. The van der Waals surface area contributed by atoms with Crippen LogP contribution in [-0.4, -0.2) is 73.6 Å². The molecule has 1 atom stereocenters. The molecule has 0 saturated carbocycles. The van der Waals surface area contributed by atoms with E-state index in [0.717, 1.165) is 30.0 Å². The van der Waals surface area contributed by atoms with Gasteiger partial charge in [0.05, 0.1) is 31.8 Å². The summed E-state index contributed by atoms with van der Waals surface area (Å²) < 4.78 is 50.2. The zero-order valence-corrected chi connectivity index (χ0v) is 19.7. The Morgan fingerprint density at radius 1 is 1.06 bits per heavy atom. The Hall–Kier alpha value is -2.17. The smallest absolute Gasteiger partial charge is 0.240 e. The Labute approximate surface area is 190 Å². The topological polar surface area (TPSA) is 86.3 Å². The molecular formula is C23H32N2O6S. The summed E-state index contributed by atoms with van der Waals surface area (Å²) in [5.74, 6) is 1.41. The van der Waals surface area contributed by atoms with Crippen molar-refractivity contribution in [1.82, 2.24) is 9.62 Å². The number of methoxy groups -OCH3 is 2. The molecule has 0 spiro atoms. The van der Waals surface area contributed by atoms with Gasteiger partial charge in [-0.2, -0.15) is 0 Å². The van der Waals surface area contributed by atoms with Crippen LogP contribution in [0.3, 0.4) is 0 Å². The molecule has 8 nitrogen and oxygen atoms in total. The average Bonchev–Trinajstić information content (AvgIpc) is 2.81. The fourth-order valence-electron chi connectivity index (χ4n) is 3.63. The molecule has 1 saturated heterocycles. The number of sulfonamides is 1. The van der Waals surface area contributed by atoms with Crippen molar-refractivity contribution in [2.24, 2.45) is 0 Å². The molecule has 1 aliphatic heterocycles. The molecule has 1 heterocycles. The van der Waals surface area contributed by atoms with Crippen molar-refractivity contribution in [3.63, 3.8) is 0 Å². The van der Waals surface area contributed by atoms with Crippen LogP contribution in [0.15, 0.2) is 47.4 Å². The van der Waals surface area contributed by atoms with Crippen molar-refractivity contribution in [3.05, 3.63) is 53.6 Å². The highest BCUT2D eigenvalue weighted by molar-refractivity contribution is 7.89. The summed E-state index contributed by atoms with van der Waals surface area (Å²) >= 11 is 0. The summed E-state index contributed by atoms with van der Waals surface area (Å²) in [5.41, 5.74) is 1.78. The van der Waals surface area contributed by atoms with Crippen molar-refractivity contribution in [2.75, 3.05) is 60.3 Å². The lowest BCUT2D eigenvalue weighted by atomic mass is 10.0. The maximum atomic E-state index is 13.0. The predicted molar refractivity (Wildman–Crippen MR) is 122 cm³/mol. The molecule has 1 aliphatic rings. The Kier molecular flexibility index (Phi) is 8.89. The van der Waals surface area contributed by atoms with E-state index in [4.69, 9.17) is 18.9 Å². The van der Waals surface area contributed by atoms with E-state index in [0.29, 0.717) is 32.2 Å². The normalized spacial score (nSPS) is 16.0. The first kappa shape index (κ1) is 24.5. The second-order valence-electron chi connectivity index (χ2n) is 7.56. The van der Waals surface area contributed by atoms with Gasteiger partial charge in [-0.25, -0.2) is 13.1 Å². The molecule has 3 rings (SSSR count). The van der Waals surface area contributed by atoms with Gasteiger partial charge in [0.15, 0.2) is 0 Å². The molecule has 176 valence electrons. The number of morpholine rings is 1. The number of nitrogens with zero attached hydrogens (tertiary/aromatic N) is 1. The highest BCUT2D eigenvalue weighted by Gasteiger charge is 2.25. The quantitative estimate of drug-likeness (QED) is 0.511. The number of benzene rings is 2. The van der Waals surface area contributed by atoms with E-state index in [1.165, 1.54) is 0 Å². The average molecular weight is 465 g/mol. The Morgan fingerprint density at radius 3 is 2.41 bits per heavy atom. The molecule has 0 aliphatic carbocycles. The summed E-state index contributed by atoms with van der Waals surface area (Å²) in [6.07, 6.45) is 0. The van der Waals surface area contributed by atoms with E-state index in [9.17, 15) is 8.42 Å². The van der Waals surface area contributed by atoms with E-state index in [1.54, 1.807) is 32.4 Å². The van der Waals surface area contributed by atoms with E-state index < -0.39 is 10.0 Å². The first-order valence-electron chi connectivity index (χ1n) is 10.6. The molecule has 0 radical (unpaired) electrons. The Bertz CT molecular complexity index is 959. The van der Waals surface area contributed by atoms with Gasteiger partial charge in [-0.05, 0) is 48.4 Å². The third-order valence-electron chi connectivity index (χ3n) is 5.46. The highest BCUT2D eigenvalue weighted by atomic mass is 32.2. The van der Waals surface area contributed by atoms with Gasteiger partial charge in [0.1, 0.15) is 18.1 Å². The summed E-state index contributed by atoms with van der Waals surface area (Å²) in [5, 5.41) is 0. The lowest BCUT2D eigenvalue weighted by molar-refractivity contribution is 0.0172. The standard InChI is InChI=1S/C23H32N2O6S/c1-18-16-21(8-9-23(18)31-15-14-28-2)32(26,27)24-17-22(25-10-12-30-13-11-25)19-4-6-20(29-3)7-5-19/h4-9,16,22,24H,10-15,17H2,1-3H3. The van der Waals surface area contributed by atoms with Crippen molar-refractivity contribution in [2.45, 2.75) is 17.9 Å². The Morgan fingerprint density at radius 2 is 1.78 bits per heavy atom. The summed E-state index contributed by atoms with van der Waals surface area (Å²) in [7, 11) is -0.464. The van der Waals surface area contributed by atoms with E-state index in [1.807, 2.05) is 31.2 Å². The van der Waals surface area contributed by atoms with Gasteiger partial charge in [0.25, 0.3) is 0 Å². The molecule has 9 heteroatoms. The van der Waals surface area contributed by atoms with Crippen molar-refractivity contribution in [3.8, 4) is 11.5 Å². The second-order valence-corrected chi connectivity index (χ2v) is 9.32. The molecular weight excluding hydrogens is 432 g/mol. The molecule has 1 N–H and O–H groups in total. The van der Waals surface area contributed by atoms with E-state index in [2.05, 4.69) is 9.62 Å². The number of hydrogen-bond donors (Lipinski definition) is 1. The van der Waals surface area contributed by atoms with Crippen LogP contribution in [0.4, 0.5) is 0 Å². The minimum Gasteiger partial charge on any atom is -0.497 e. The maximum Gasteiger partial charge on any atom is 0.240 e. The van der Waals surface area contributed by atoms with Gasteiger partial charge in [0, 0.05) is 32.8 Å². The fourth-order valence-corrected chi connectivity index (χ4v) is 4.75. The van der Waals surface area contributed by atoms with Crippen LogP contribution in [0.2, 0.25) is 0 Å². The van der Waals surface area contributed by atoms with Crippen LogP contribution in [0, 0.1) is 6.92 Å². The van der Waals surface area contributed by atoms with Crippen LogP contribution >= 0.6 is 0 Å². The van der Waals surface area contributed by atoms with E-state index >= 15 is 0 Å². The zero-order valence-electron chi connectivity index (χ0n) is 18.9. The first-order chi connectivity index (χ1) is 15.4. The van der Waals surface area contributed by atoms with Crippen LogP contribution in [0.5, 0.6) is 11.5 Å². The summed E-state index contributed by atoms with van der Waals surface area (Å²) in [6, 6.07) is 12.5. The number of hydrogen-bond acceptors (Lipinski definition) is 7. The van der Waals surface area contributed by atoms with Crippen LogP contribution in [0.1, 0.15) is 17.2 Å². The zero-order chi connectivity index (χ0) is 23.0. The summed E-state index contributed by atoms with van der Waals surface area (Å²) in [6.45, 7) is 5.69. The summed E-state index contributed by atoms with van der Waals surface area (Å²) in [4.78, 5) is 2.45. The third kappa shape index (κ3) is 6.43. The predicted octanol–water partition coefficient (Wildman–Crippen LogP) is 2.38. The van der Waals surface area contributed by atoms with Crippen LogP contribution < -0.4 is 14.2 Å². The SMILES string of the molecule is COCCOc1ccc(S(=O)(=O)NCC(c2ccc(OC)cc2)N2CCOCC2)cc1C. The molecule has 0 amide bonds. The number of aryl methyl sites for hydroxylation is 1.